The maximum atomic E-state index is 7.41. The SMILES string of the molecule is C=C1OC(C)(C)O[C@H]1[C@H](/C=C/COCOCC[Si](C)(C)C)O[Si](c1ccccc1)(c1ccccc1)C(C)(C)C. The zero-order chi connectivity index (χ0) is 28.7. The van der Waals surface area contributed by atoms with E-state index in [0.717, 1.165) is 12.7 Å². The summed E-state index contributed by atoms with van der Waals surface area (Å²) in [6.45, 7) is 23.3. The lowest BCUT2D eigenvalue weighted by Crippen LogP contribution is -2.68. The normalized spacial score (nSPS) is 18.9. The van der Waals surface area contributed by atoms with Crippen molar-refractivity contribution in [3.8, 4) is 0 Å². The number of ether oxygens (including phenoxy) is 4. The predicted octanol–water partition coefficient (Wildman–Crippen LogP) is 6.48. The van der Waals surface area contributed by atoms with Crippen molar-refractivity contribution in [2.45, 2.75) is 83.3 Å². The Morgan fingerprint density at radius 2 is 1.51 bits per heavy atom. The van der Waals surface area contributed by atoms with Crippen LogP contribution in [0.3, 0.4) is 0 Å². The molecule has 0 bridgehead atoms. The minimum absolute atomic E-state index is 0.182. The van der Waals surface area contributed by atoms with Crippen molar-refractivity contribution in [1.29, 1.82) is 0 Å². The fourth-order valence-electron chi connectivity index (χ4n) is 4.92. The molecule has 0 spiro atoms. The standard InChI is InChI=1S/C32H48O5Si2/c1-26-30(36-32(5,6)35-26)29(21-16-22-33-25-34-23-24-38(7,8)9)37-39(31(2,3)4,27-17-12-10-13-18-27)28-19-14-11-15-20-28/h10-21,29-30H,1,22-25H2,2-9H3/b21-16+/t29-,30+/m0/s1. The van der Waals surface area contributed by atoms with Gasteiger partial charge >= 0.3 is 0 Å². The van der Waals surface area contributed by atoms with Gasteiger partial charge in [-0.3, -0.25) is 0 Å². The predicted molar refractivity (Wildman–Crippen MR) is 166 cm³/mol. The Bertz CT molecular complexity index is 1030. The minimum atomic E-state index is -2.85. The van der Waals surface area contributed by atoms with Gasteiger partial charge in [0.25, 0.3) is 8.32 Å². The van der Waals surface area contributed by atoms with Gasteiger partial charge in [0.2, 0.25) is 5.79 Å². The van der Waals surface area contributed by atoms with Crippen molar-refractivity contribution in [1.82, 2.24) is 0 Å². The molecular weight excluding hydrogens is 521 g/mol. The summed E-state index contributed by atoms with van der Waals surface area (Å²) in [5.41, 5.74) is 0. The van der Waals surface area contributed by atoms with Gasteiger partial charge in [-0.2, -0.15) is 0 Å². The molecule has 1 fully saturated rings. The third-order valence-corrected chi connectivity index (χ3v) is 13.6. The molecule has 3 rings (SSSR count). The highest BCUT2D eigenvalue weighted by Gasteiger charge is 2.53. The lowest BCUT2D eigenvalue weighted by molar-refractivity contribution is -0.142. The van der Waals surface area contributed by atoms with Gasteiger partial charge in [0.15, 0.2) is 0 Å². The molecule has 1 saturated heterocycles. The van der Waals surface area contributed by atoms with Crippen LogP contribution in [0.1, 0.15) is 34.6 Å². The molecule has 5 nitrogen and oxygen atoms in total. The smallest absolute Gasteiger partial charge is 0.262 e. The topological polar surface area (TPSA) is 46.2 Å². The van der Waals surface area contributed by atoms with Crippen LogP contribution in [0.2, 0.25) is 30.7 Å². The molecule has 0 unspecified atom stereocenters. The summed E-state index contributed by atoms with van der Waals surface area (Å²) in [5.74, 6) is -0.202. The average Bonchev–Trinajstić information content (AvgIpc) is 3.14. The molecule has 0 aliphatic carbocycles. The Balaban J connectivity index is 1.91. The fraction of sp³-hybridized carbons (Fsp3) is 0.500. The highest BCUT2D eigenvalue weighted by molar-refractivity contribution is 6.99. The molecule has 2 atom stereocenters. The Morgan fingerprint density at radius 1 is 0.949 bits per heavy atom. The van der Waals surface area contributed by atoms with Crippen LogP contribution in [0.25, 0.3) is 0 Å². The molecule has 0 N–H and O–H groups in total. The van der Waals surface area contributed by atoms with Gasteiger partial charge in [-0.1, -0.05) is 120 Å². The largest absolute Gasteiger partial charge is 0.465 e. The summed E-state index contributed by atoms with van der Waals surface area (Å²) in [5, 5.41) is 2.23. The van der Waals surface area contributed by atoms with E-state index in [-0.39, 0.29) is 11.8 Å². The van der Waals surface area contributed by atoms with Gasteiger partial charge in [0.05, 0.1) is 12.7 Å². The van der Waals surface area contributed by atoms with Crippen LogP contribution >= 0.6 is 0 Å². The first-order valence-corrected chi connectivity index (χ1v) is 19.5. The molecule has 1 aliphatic rings. The van der Waals surface area contributed by atoms with E-state index in [4.69, 9.17) is 23.4 Å². The molecule has 0 aromatic heterocycles. The van der Waals surface area contributed by atoms with Crippen LogP contribution in [-0.4, -0.2) is 54.4 Å². The fourth-order valence-corrected chi connectivity index (χ4v) is 10.3. The average molecular weight is 569 g/mol. The highest BCUT2D eigenvalue weighted by Crippen LogP contribution is 2.40. The highest BCUT2D eigenvalue weighted by atomic mass is 28.4. The monoisotopic (exact) mass is 568 g/mol. The molecule has 39 heavy (non-hydrogen) atoms. The molecular formula is C32H48O5Si2. The Morgan fingerprint density at radius 3 is 1.97 bits per heavy atom. The number of rotatable bonds is 13. The van der Waals surface area contributed by atoms with Gasteiger partial charge < -0.3 is 23.4 Å². The number of hydrogen-bond donors (Lipinski definition) is 0. The van der Waals surface area contributed by atoms with Crippen molar-refractivity contribution >= 4 is 26.8 Å². The van der Waals surface area contributed by atoms with E-state index in [2.05, 4.69) is 108 Å². The molecule has 1 heterocycles. The van der Waals surface area contributed by atoms with E-state index in [0.29, 0.717) is 12.4 Å². The number of benzene rings is 2. The summed E-state index contributed by atoms with van der Waals surface area (Å²) in [6, 6.07) is 22.4. The van der Waals surface area contributed by atoms with Crippen molar-refractivity contribution in [3.05, 3.63) is 85.2 Å². The molecule has 0 amide bonds. The minimum Gasteiger partial charge on any atom is -0.465 e. The van der Waals surface area contributed by atoms with Crippen molar-refractivity contribution in [2.75, 3.05) is 20.0 Å². The summed E-state index contributed by atoms with van der Waals surface area (Å²) in [7, 11) is -3.97. The molecule has 0 saturated carbocycles. The van der Waals surface area contributed by atoms with E-state index < -0.39 is 34.4 Å². The second kappa shape index (κ2) is 13.1. The van der Waals surface area contributed by atoms with Crippen LogP contribution in [0.5, 0.6) is 0 Å². The third kappa shape index (κ3) is 8.49. The lowest BCUT2D eigenvalue weighted by Gasteiger charge is -2.45. The molecule has 2 aromatic rings. The van der Waals surface area contributed by atoms with Gasteiger partial charge in [0, 0.05) is 28.5 Å². The quantitative estimate of drug-likeness (QED) is 0.120. The van der Waals surface area contributed by atoms with Crippen LogP contribution in [0.4, 0.5) is 0 Å². The van der Waals surface area contributed by atoms with E-state index >= 15 is 0 Å². The van der Waals surface area contributed by atoms with Gasteiger partial charge in [-0.25, -0.2) is 0 Å². The second-order valence-electron chi connectivity index (χ2n) is 12.9. The second-order valence-corrected chi connectivity index (χ2v) is 22.8. The van der Waals surface area contributed by atoms with Crippen LogP contribution in [0, 0.1) is 0 Å². The van der Waals surface area contributed by atoms with Crippen molar-refractivity contribution in [2.24, 2.45) is 0 Å². The van der Waals surface area contributed by atoms with Crippen molar-refractivity contribution < 1.29 is 23.4 Å². The summed E-state index contributed by atoms with van der Waals surface area (Å²) in [6.07, 6.45) is 3.15. The molecule has 2 aromatic carbocycles. The summed E-state index contributed by atoms with van der Waals surface area (Å²) in [4.78, 5) is 0. The maximum Gasteiger partial charge on any atom is 0.262 e. The van der Waals surface area contributed by atoms with E-state index in [1.165, 1.54) is 10.4 Å². The van der Waals surface area contributed by atoms with Crippen molar-refractivity contribution in [3.63, 3.8) is 0 Å². The summed E-state index contributed by atoms with van der Waals surface area (Å²) >= 11 is 0. The van der Waals surface area contributed by atoms with E-state index in [1.54, 1.807) is 0 Å². The zero-order valence-corrected chi connectivity index (χ0v) is 27.2. The first-order valence-electron chi connectivity index (χ1n) is 13.9. The van der Waals surface area contributed by atoms with Crippen LogP contribution in [0.15, 0.2) is 85.2 Å². The van der Waals surface area contributed by atoms with Gasteiger partial charge in [-0.05, 0) is 21.5 Å². The zero-order valence-electron chi connectivity index (χ0n) is 25.2. The molecule has 0 radical (unpaired) electrons. The first kappa shape index (κ1) is 31.5. The van der Waals surface area contributed by atoms with Crippen LogP contribution < -0.4 is 10.4 Å². The first-order chi connectivity index (χ1) is 18.3. The molecule has 214 valence electrons. The molecule has 1 aliphatic heterocycles. The van der Waals surface area contributed by atoms with Crippen LogP contribution in [-0.2, 0) is 23.4 Å². The third-order valence-electron chi connectivity index (χ3n) is 6.84. The Kier molecular flexibility index (Phi) is 10.6. The van der Waals surface area contributed by atoms with Gasteiger partial charge in [0.1, 0.15) is 18.7 Å². The molecule has 7 heteroatoms. The van der Waals surface area contributed by atoms with Gasteiger partial charge in [-0.15, -0.1) is 0 Å². The maximum absolute atomic E-state index is 7.41. The summed E-state index contributed by atoms with van der Waals surface area (Å²) < 4.78 is 31.2. The lowest BCUT2D eigenvalue weighted by atomic mass is 10.1. The number of hydrogen-bond acceptors (Lipinski definition) is 5. The Labute approximate surface area is 238 Å². The van der Waals surface area contributed by atoms with E-state index in [1.807, 2.05) is 26.0 Å². The van der Waals surface area contributed by atoms with E-state index in [9.17, 15) is 0 Å². The Hall–Kier alpha value is -2.01.